The Kier molecular flexibility index (Phi) is 36.4. The van der Waals surface area contributed by atoms with Crippen LogP contribution >= 0.6 is 21.6 Å². The second-order valence-electron chi connectivity index (χ2n) is 29.4. The molecule has 33 heteroatoms. The predicted molar refractivity (Wildman–Crippen MR) is 447 cm³/mol. The Morgan fingerprint density at radius 1 is 0.432 bits per heavy atom. The fourth-order valence-corrected chi connectivity index (χ4v) is 15.1. The van der Waals surface area contributed by atoms with Crippen molar-refractivity contribution in [2.45, 2.75) is 183 Å². The maximum Gasteiger partial charge on any atom is 0.327 e. The molecule has 1 aliphatic rings. The van der Waals surface area contributed by atoms with Crippen LogP contribution in [0.25, 0.3) is 10.8 Å². The highest BCUT2D eigenvalue weighted by Crippen LogP contribution is 2.25. The molecule has 0 aliphatic carbocycles. The molecule has 0 saturated carbocycles. The normalized spacial score (nSPS) is 22.6. The number of benzene rings is 7. The van der Waals surface area contributed by atoms with Gasteiger partial charge in [-0.05, 0) is 108 Å². The number of aromatic hydroxyl groups is 1. The third-order valence-electron chi connectivity index (χ3n) is 19.5. The summed E-state index contributed by atoms with van der Waals surface area (Å²) in [5.74, 6) is -13.7. The minimum atomic E-state index is -1.96. The number of hydrogen-bond donors (Lipinski definition) is 19. The summed E-state index contributed by atoms with van der Waals surface area (Å²) in [4.78, 5) is 177. The van der Waals surface area contributed by atoms with Crippen LogP contribution in [0.5, 0.6) is 5.75 Å². The first kappa shape index (κ1) is 92.2. The predicted octanol–water partition coefficient (Wildman–Crippen LogP) is 0.822. The highest BCUT2D eigenvalue weighted by Gasteiger charge is 2.39. The molecule has 7 aromatic carbocycles. The molecule has 0 radical (unpaired) electrons. The number of aliphatic carboxylic acids is 1. The maximum atomic E-state index is 15.7. The quantitative estimate of drug-likeness (QED) is 0.0278. The summed E-state index contributed by atoms with van der Waals surface area (Å²) < 4.78 is 0. The number of nitrogens with one attached hydrogen (secondary N) is 12. The number of rotatable bonds is 25. The van der Waals surface area contributed by atoms with E-state index in [2.05, 4.69) is 63.8 Å². The third-order valence-corrected chi connectivity index (χ3v) is 21.9. The van der Waals surface area contributed by atoms with Crippen molar-refractivity contribution in [3.8, 4) is 5.75 Å². The Morgan fingerprint density at radius 3 is 1.27 bits per heavy atom. The van der Waals surface area contributed by atoms with Crippen molar-refractivity contribution in [1.29, 1.82) is 0 Å². The molecule has 0 spiro atoms. The smallest absolute Gasteiger partial charge is 0.327 e. The van der Waals surface area contributed by atoms with Gasteiger partial charge in [0.1, 0.15) is 72.2 Å². The number of unbranched alkanes of at least 4 members (excludes halogenated alkanes) is 1. The minimum Gasteiger partial charge on any atom is -0.508 e. The molecule has 1 saturated heterocycles. The fourth-order valence-electron chi connectivity index (χ4n) is 12.8. The molecule has 31 nitrogen and oxygen atoms in total. The second kappa shape index (κ2) is 46.6. The number of aliphatic hydroxyl groups excluding tert-OH is 3. The average molecular weight is 1660 g/mol. The van der Waals surface area contributed by atoms with E-state index in [0.29, 0.717) is 46.3 Å². The number of nitrogens with two attached hydrogens (primary N) is 2. The van der Waals surface area contributed by atoms with Gasteiger partial charge in [0.15, 0.2) is 0 Å². The largest absolute Gasteiger partial charge is 0.508 e. The van der Waals surface area contributed by atoms with Crippen molar-refractivity contribution >= 4 is 103 Å². The minimum absolute atomic E-state index is 0.0529. The molecule has 11 amide bonds. The molecular formula is C85H106N14O17S2. The van der Waals surface area contributed by atoms with Gasteiger partial charge in [-0.25, -0.2) is 4.79 Å². The highest BCUT2D eigenvalue weighted by atomic mass is 33.1. The number of aliphatic hydroxyl groups is 3. The zero-order valence-electron chi connectivity index (χ0n) is 66.0. The van der Waals surface area contributed by atoms with E-state index in [9.17, 15) is 59.1 Å². The lowest BCUT2D eigenvalue weighted by molar-refractivity contribution is -0.142. The highest BCUT2D eigenvalue weighted by molar-refractivity contribution is 8.76. The molecule has 1 aliphatic heterocycles. The number of carbonyl (C=O) groups is 12. The lowest BCUT2D eigenvalue weighted by atomic mass is 9.98. The number of phenols is 1. The van der Waals surface area contributed by atoms with Gasteiger partial charge in [0.25, 0.3) is 0 Å². The first-order chi connectivity index (χ1) is 56.5. The van der Waals surface area contributed by atoms with Crippen LogP contribution in [-0.2, 0) is 103 Å². The first-order valence-electron chi connectivity index (χ1n) is 39.0. The van der Waals surface area contributed by atoms with Gasteiger partial charge in [-0.3, -0.25) is 52.7 Å². The van der Waals surface area contributed by atoms with Gasteiger partial charge in [0.2, 0.25) is 65.0 Å². The van der Waals surface area contributed by atoms with Crippen LogP contribution < -0.4 is 75.3 Å². The molecule has 1 fully saturated rings. The zero-order valence-corrected chi connectivity index (χ0v) is 67.6. The number of carboxylic acid groups (broad SMARTS) is 1. The Hall–Kier alpha value is -11.3. The second-order valence-corrected chi connectivity index (χ2v) is 31.9. The molecule has 118 heavy (non-hydrogen) atoms. The molecule has 6 unspecified atom stereocenters. The summed E-state index contributed by atoms with van der Waals surface area (Å²) in [5.41, 5.74) is 16.4. The third kappa shape index (κ3) is 29.4. The average Bonchev–Trinajstić information content (AvgIpc) is 0.824. The molecule has 14 atom stereocenters. The summed E-state index contributed by atoms with van der Waals surface area (Å²) in [6.45, 7) is 5.74. The summed E-state index contributed by atoms with van der Waals surface area (Å²) in [7, 11) is 1.65. The van der Waals surface area contributed by atoms with Crippen molar-refractivity contribution in [2.24, 2.45) is 11.5 Å². The first-order valence-corrected chi connectivity index (χ1v) is 41.5. The van der Waals surface area contributed by atoms with Crippen LogP contribution in [-0.4, -0.2) is 212 Å². The van der Waals surface area contributed by atoms with Crippen molar-refractivity contribution in [1.82, 2.24) is 63.8 Å². The van der Waals surface area contributed by atoms with Gasteiger partial charge in [0, 0.05) is 56.2 Å². The topological polar surface area (TPSA) is 502 Å². The van der Waals surface area contributed by atoms with Crippen LogP contribution in [0.2, 0.25) is 0 Å². The van der Waals surface area contributed by atoms with Gasteiger partial charge < -0.3 is 101 Å². The van der Waals surface area contributed by atoms with Crippen LogP contribution in [0.15, 0.2) is 182 Å². The van der Waals surface area contributed by atoms with E-state index in [0.717, 1.165) is 44.8 Å². The molecule has 0 aromatic heterocycles. The lowest BCUT2D eigenvalue weighted by Crippen LogP contribution is -2.63. The van der Waals surface area contributed by atoms with Gasteiger partial charge in [-0.2, -0.15) is 0 Å². The number of hydrogen-bond acceptors (Lipinski definition) is 21. The Balaban J connectivity index is 1.22. The van der Waals surface area contributed by atoms with E-state index in [4.69, 9.17) is 11.5 Å². The van der Waals surface area contributed by atoms with E-state index in [-0.39, 0.29) is 75.5 Å². The maximum absolute atomic E-state index is 15.7. The molecule has 21 N–H and O–H groups in total. The van der Waals surface area contributed by atoms with Crippen LogP contribution in [0.4, 0.5) is 0 Å². The van der Waals surface area contributed by atoms with Crippen molar-refractivity contribution in [3.05, 3.63) is 221 Å². The van der Waals surface area contributed by atoms with Crippen molar-refractivity contribution < 1.29 is 83.1 Å². The molecule has 7 aromatic rings. The summed E-state index contributed by atoms with van der Waals surface area (Å²) in [6, 6.07) is 31.4. The molecule has 8 rings (SSSR count). The van der Waals surface area contributed by atoms with E-state index >= 15 is 24.0 Å². The molecular weight excluding hydrogens is 1550 g/mol. The SMILES string of the molecule is CC(C)NCc1ccc(CC2NC(=O)C(Cc3ccc4ccccc4c3)NC(=O)[C@H](Cc3ccccc3)NC(=O)C(Cc3ccccc3)NC(=O)[C@H](CCCCN)NC(=O)C(NC(=O)[C@@H](N)Cc3ccc(O)cc3)CSSC[C@@H](C(=O)O)NC(=O)[C@H](CO)NC(=O)C([C@@H](C)O)NC(=O)[C@H](Cc3ccccc3)NC(=O)C([C@@H](C)O)NC2=O)cc1. The standard InChI is InChI=1S/C85H106N14O17S2/c1-49(2)88-45-57-29-27-56(28-30-57)43-66-79(109)98-72(50(3)101)83(113)94-67(42-54-22-12-7-13-23-54)80(110)99-73(51(4)102)84(114)95-69(46-100)81(111)97-71(85(115)116)48-118-117-47-70(96-74(104)62(87)39-55-32-35-61(103)36-33-55)82(112)89-63(26-16-17-37-86)75(105)90-64(40-52-18-8-5-9-19-52)76(106)91-65(41-53-20-10-6-11-21-53)77(107)93-68(78(108)92-66)44-58-31-34-59-24-14-15-25-60(59)38-58/h5-15,18-25,27-36,38,49-51,62-73,88,100-103H,16-17,26,37,39-48,86-87H2,1-4H3,(H,89,112)(H,90,105)(H,91,106)(H,92,108)(H,93,107)(H,94,113)(H,95,114)(H,96,104)(H,97,111)(H,98,109)(H,99,110)(H,115,116)/t50-,51-,62+,63+,64?,65+,66?,67+,68?,69+,70?,71+,72?,73?/m1/s1. The van der Waals surface area contributed by atoms with E-state index in [1.54, 1.807) is 109 Å². The van der Waals surface area contributed by atoms with Crippen LogP contribution in [0, 0.1) is 0 Å². The monoisotopic (exact) mass is 1660 g/mol. The van der Waals surface area contributed by atoms with Crippen LogP contribution in [0.1, 0.15) is 85.9 Å². The summed E-state index contributed by atoms with van der Waals surface area (Å²) in [5, 5.41) is 87.3. The molecule has 630 valence electrons. The van der Waals surface area contributed by atoms with Crippen molar-refractivity contribution in [2.75, 3.05) is 24.7 Å². The number of fused-ring (bicyclic) bond motifs is 1. The Morgan fingerprint density at radius 2 is 0.814 bits per heavy atom. The van der Waals surface area contributed by atoms with E-state index in [1.165, 1.54) is 31.2 Å². The summed E-state index contributed by atoms with van der Waals surface area (Å²) in [6.07, 6.45) is -4.31. The summed E-state index contributed by atoms with van der Waals surface area (Å²) >= 11 is 0. The van der Waals surface area contributed by atoms with Gasteiger partial charge in [-0.1, -0.05) is 205 Å². The van der Waals surface area contributed by atoms with Gasteiger partial charge in [-0.15, -0.1) is 0 Å². The van der Waals surface area contributed by atoms with E-state index < -0.39 is 168 Å². The molecule has 0 bridgehead atoms. The number of carbonyl (C=O) groups excluding carboxylic acids is 11. The lowest BCUT2D eigenvalue weighted by Gasteiger charge is -2.29. The van der Waals surface area contributed by atoms with Gasteiger partial charge >= 0.3 is 5.97 Å². The number of amides is 11. The zero-order chi connectivity index (χ0) is 85.4. The van der Waals surface area contributed by atoms with Gasteiger partial charge in [0.05, 0.1) is 24.9 Å². The number of carboxylic acids is 1. The van der Waals surface area contributed by atoms with Crippen molar-refractivity contribution in [3.63, 3.8) is 0 Å². The molecule has 1 heterocycles. The number of phenolic OH excluding ortho intramolecular Hbond substituents is 1. The van der Waals surface area contributed by atoms with E-state index in [1.807, 2.05) is 62.4 Å². The fraction of sp³-hybridized carbons (Fsp3) is 0.388. The Labute approximate surface area is 692 Å². The Bertz CT molecular complexity index is 4520. The van der Waals surface area contributed by atoms with Crippen LogP contribution in [0.3, 0.4) is 0 Å².